The smallest absolute Gasteiger partial charge is 0.333 e. The second-order valence-electron chi connectivity index (χ2n) is 2.75. The number of nitrogens with zero attached hydrogens (tertiary/aromatic N) is 2. The van der Waals surface area contributed by atoms with Crippen LogP contribution < -0.4 is 11.2 Å². The minimum absolute atomic E-state index is 0.159. The highest BCUT2D eigenvalue weighted by molar-refractivity contribution is 5.77. The molecule has 1 N–H and O–H groups in total. The highest BCUT2D eigenvalue weighted by atomic mass is 16.3. The van der Waals surface area contributed by atoms with Gasteiger partial charge in [-0.2, -0.15) is 0 Å². The Bertz CT molecular complexity index is 483. The predicted molar refractivity (Wildman–Crippen MR) is 48.7 cm³/mol. The highest BCUT2D eigenvalue weighted by Gasteiger charge is 2.14. The molecule has 0 saturated carbocycles. The average molecular weight is 198 g/mol. The summed E-state index contributed by atoms with van der Waals surface area (Å²) in [6.07, 6.45) is 0.239. The van der Waals surface area contributed by atoms with Crippen molar-refractivity contribution in [2.75, 3.05) is 0 Å². The lowest BCUT2D eigenvalue weighted by molar-refractivity contribution is 0.111. The minimum Gasteiger partial charge on any atom is -0.494 e. The third-order valence-corrected chi connectivity index (χ3v) is 1.99. The first kappa shape index (κ1) is 10.2. The van der Waals surface area contributed by atoms with Gasteiger partial charge in [-0.25, -0.2) is 4.79 Å². The Labute approximate surface area is 79.0 Å². The molecule has 0 unspecified atom stereocenters. The van der Waals surface area contributed by atoms with E-state index in [0.717, 1.165) is 9.13 Å². The normalized spacial score (nSPS) is 10.1. The van der Waals surface area contributed by atoms with Gasteiger partial charge in [0.25, 0.3) is 5.56 Å². The van der Waals surface area contributed by atoms with Crippen LogP contribution in [-0.4, -0.2) is 20.5 Å². The van der Waals surface area contributed by atoms with Crippen molar-refractivity contribution in [1.82, 2.24) is 9.13 Å². The molecule has 1 aromatic heterocycles. The predicted octanol–water partition coefficient (Wildman–Crippen LogP) is -0.915. The summed E-state index contributed by atoms with van der Waals surface area (Å²) in [5.74, 6) is -0.597. The van der Waals surface area contributed by atoms with Crippen molar-refractivity contribution >= 4 is 6.29 Å². The van der Waals surface area contributed by atoms with E-state index in [9.17, 15) is 19.5 Å². The van der Waals surface area contributed by atoms with Crippen LogP contribution in [0.1, 0.15) is 17.3 Å². The zero-order valence-corrected chi connectivity index (χ0v) is 7.85. The van der Waals surface area contributed by atoms with Crippen LogP contribution in [0, 0.1) is 0 Å². The monoisotopic (exact) mass is 198 g/mol. The molecule has 1 rings (SSSR count). The molecule has 14 heavy (non-hydrogen) atoms. The Hall–Kier alpha value is -1.85. The fourth-order valence-corrected chi connectivity index (χ4v) is 1.16. The van der Waals surface area contributed by atoms with Gasteiger partial charge >= 0.3 is 5.69 Å². The van der Waals surface area contributed by atoms with Crippen LogP contribution in [0.3, 0.4) is 0 Å². The molecule has 6 nitrogen and oxygen atoms in total. The van der Waals surface area contributed by atoms with Crippen LogP contribution in [0.2, 0.25) is 0 Å². The molecule has 1 heterocycles. The first-order chi connectivity index (χ1) is 6.54. The third-order valence-electron chi connectivity index (χ3n) is 1.99. The van der Waals surface area contributed by atoms with E-state index in [4.69, 9.17) is 0 Å². The molecule has 0 atom stereocenters. The summed E-state index contributed by atoms with van der Waals surface area (Å²) in [6, 6.07) is 0. The van der Waals surface area contributed by atoms with Crippen LogP contribution >= 0.6 is 0 Å². The standard InChI is InChI=1S/C8H10N2O4/c1-3-10-7(13)5(4-11)6(12)9(2)8(10)14/h4,12H,3H2,1-2H3. The lowest BCUT2D eigenvalue weighted by Gasteiger charge is -2.07. The molecule has 0 spiro atoms. The molecule has 6 heteroatoms. The van der Waals surface area contributed by atoms with Gasteiger partial charge in [0.05, 0.1) is 0 Å². The van der Waals surface area contributed by atoms with E-state index in [0.29, 0.717) is 0 Å². The van der Waals surface area contributed by atoms with Gasteiger partial charge in [0.15, 0.2) is 6.29 Å². The van der Waals surface area contributed by atoms with E-state index in [-0.39, 0.29) is 12.8 Å². The average Bonchev–Trinajstić information content (AvgIpc) is 2.16. The number of aldehydes is 1. The second-order valence-corrected chi connectivity index (χ2v) is 2.75. The number of hydrogen-bond acceptors (Lipinski definition) is 4. The molecular weight excluding hydrogens is 188 g/mol. The molecule has 0 aliphatic rings. The largest absolute Gasteiger partial charge is 0.494 e. The molecular formula is C8H10N2O4. The van der Waals surface area contributed by atoms with Crippen molar-refractivity contribution in [2.45, 2.75) is 13.5 Å². The maximum absolute atomic E-state index is 11.4. The molecule has 76 valence electrons. The van der Waals surface area contributed by atoms with Gasteiger partial charge in [0.1, 0.15) is 5.56 Å². The van der Waals surface area contributed by atoms with Gasteiger partial charge < -0.3 is 5.11 Å². The number of hydrogen-bond donors (Lipinski definition) is 1. The number of carbonyl (C=O) groups is 1. The first-order valence-electron chi connectivity index (χ1n) is 4.02. The van der Waals surface area contributed by atoms with Gasteiger partial charge in [-0.15, -0.1) is 0 Å². The summed E-state index contributed by atoms with van der Waals surface area (Å²) in [4.78, 5) is 33.2. The van der Waals surface area contributed by atoms with E-state index in [2.05, 4.69) is 0 Å². The van der Waals surface area contributed by atoms with Gasteiger partial charge in [0.2, 0.25) is 5.88 Å². The van der Waals surface area contributed by atoms with E-state index in [1.165, 1.54) is 7.05 Å². The maximum atomic E-state index is 11.4. The van der Waals surface area contributed by atoms with Crippen LogP contribution in [0.25, 0.3) is 0 Å². The Morgan fingerprint density at radius 3 is 2.43 bits per heavy atom. The lowest BCUT2D eigenvalue weighted by Crippen LogP contribution is -2.40. The van der Waals surface area contributed by atoms with E-state index in [1.54, 1.807) is 6.92 Å². The number of aromatic nitrogens is 2. The van der Waals surface area contributed by atoms with Crippen molar-refractivity contribution in [3.05, 3.63) is 26.4 Å². The number of carbonyl (C=O) groups excluding carboxylic acids is 1. The first-order valence-corrected chi connectivity index (χ1v) is 4.02. The zero-order chi connectivity index (χ0) is 10.9. The molecule has 0 amide bonds. The van der Waals surface area contributed by atoms with E-state index >= 15 is 0 Å². The Kier molecular flexibility index (Phi) is 2.55. The zero-order valence-electron chi connectivity index (χ0n) is 7.85. The SMILES string of the molecule is CCn1c(=O)c(C=O)c(O)n(C)c1=O. The van der Waals surface area contributed by atoms with Crippen LogP contribution in [0.15, 0.2) is 9.59 Å². The van der Waals surface area contributed by atoms with Crippen LogP contribution in [0.5, 0.6) is 5.88 Å². The second kappa shape index (κ2) is 3.49. The Morgan fingerprint density at radius 1 is 1.43 bits per heavy atom. The maximum Gasteiger partial charge on any atom is 0.333 e. The van der Waals surface area contributed by atoms with Gasteiger partial charge in [0, 0.05) is 13.6 Å². The fraction of sp³-hybridized carbons (Fsp3) is 0.375. The quantitative estimate of drug-likeness (QED) is 0.623. The van der Waals surface area contributed by atoms with Crippen molar-refractivity contribution in [2.24, 2.45) is 7.05 Å². The summed E-state index contributed by atoms with van der Waals surface area (Å²) in [7, 11) is 1.29. The lowest BCUT2D eigenvalue weighted by atomic mass is 10.3. The molecule has 0 aromatic carbocycles. The van der Waals surface area contributed by atoms with Gasteiger partial charge in [-0.1, -0.05) is 0 Å². The summed E-state index contributed by atoms with van der Waals surface area (Å²) < 4.78 is 1.73. The van der Waals surface area contributed by atoms with E-state index < -0.39 is 22.7 Å². The van der Waals surface area contributed by atoms with Crippen LogP contribution in [0.4, 0.5) is 0 Å². The summed E-state index contributed by atoms with van der Waals surface area (Å²) in [5.41, 5.74) is -1.79. The van der Waals surface area contributed by atoms with Crippen molar-refractivity contribution in [3.8, 4) is 5.88 Å². The van der Waals surface area contributed by atoms with Crippen LogP contribution in [-0.2, 0) is 13.6 Å². The van der Waals surface area contributed by atoms with E-state index in [1.807, 2.05) is 0 Å². The van der Waals surface area contributed by atoms with Gasteiger partial charge in [-0.3, -0.25) is 18.7 Å². The van der Waals surface area contributed by atoms with Crippen molar-refractivity contribution < 1.29 is 9.90 Å². The summed E-state index contributed by atoms with van der Waals surface area (Å²) in [5, 5.41) is 9.30. The highest BCUT2D eigenvalue weighted by Crippen LogP contribution is 2.04. The summed E-state index contributed by atoms with van der Waals surface area (Å²) in [6.45, 7) is 1.76. The van der Waals surface area contributed by atoms with Crippen molar-refractivity contribution in [1.29, 1.82) is 0 Å². The summed E-state index contributed by atoms with van der Waals surface area (Å²) >= 11 is 0. The molecule has 0 saturated heterocycles. The Morgan fingerprint density at radius 2 is 2.00 bits per heavy atom. The number of aromatic hydroxyl groups is 1. The topological polar surface area (TPSA) is 81.3 Å². The molecule has 0 fully saturated rings. The molecule has 0 bridgehead atoms. The van der Waals surface area contributed by atoms with Crippen molar-refractivity contribution in [3.63, 3.8) is 0 Å². The van der Waals surface area contributed by atoms with Gasteiger partial charge in [-0.05, 0) is 6.92 Å². The molecule has 0 radical (unpaired) electrons. The Balaban J connectivity index is 3.83. The molecule has 0 aliphatic carbocycles. The number of rotatable bonds is 2. The fourth-order valence-electron chi connectivity index (χ4n) is 1.16. The minimum atomic E-state index is -0.761. The third kappa shape index (κ3) is 1.24. The molecule has 0 aliphatic heterocycles. The molecule has 1 aromatic rings.